The van der Waals surface area contributed by atoms with Crippen LogP contribution in [-0.4, -0.2) is 9.97 Å². The van der Waals surface area contributed by atoms with Gasteiger partial charge in [0.2, 0.25) is 0 Å². The number of benzene rings is 3. The number of hydrogen-bond donors (Lipinski definition) is 1. The minimum atomic E-state index is 1.10. The van der Waals surface area contributed by atoms with Crippen LogP contribution in [0.25, 0.3) is 21.5 Å². The molecule has 0 aliphatic rings. The summed E-state index contributed by atoms with van der Waals surface area (Å²) in [6.07, 6.45) is 8.62. The molecule has 122 valence electrons. The van der Waals surface area contributed by atoms with E-state index in [4.69, 9.17) is 0 Å². The Kier molecular flexibility index (Phi) is 5.62. The van der Waals surface area contributed by atoms with E-state index in [0.717, 1.165) is 12.2 Å². The first-order valence-corrected chi connectivity index (χ1v) is 8.72. The molecule has 24 heavy (non-hydrogen) atoms. The van der Waals surface area contributed by atoms with Gasteiger partial charge in [0, 0.05) is 18.8 Å². The molecule has 0 fully saturated rings. The Labute approximate surface area is 143 Å². The first kappa shape index (κ1) is 16.3. The summed E-state index contributed by atoms with van der Waals surface area (Å²) in [5.41, 5.74) is 0. The van der Waals surface area contributed by atoms with Gasteiger partial charge >= 0.3 is 0 Å². The van der Waals surface area contributed by atoms with Crippen molar-refractivity contribution < 1.29 is 0 Å². The van der Waals surface area contributed by atoms with Gasteiger partial charge in [0.15, 0.2) is 0 Å². The maximum Gasteiger partial charge on any atom is 0.105 e. The van der Waals surface area contributed by atoms with E-state index >= 15 is 0 Å². The van der Waals surface area contributed by atoms with Crippen molar-refractivity contribution >= 4 is 21.5 Å². The van der Waals surface area contributed by atoms with Gasteiger partial charge in [-0.05, 0) is 40.1 Å². The summed E-state index contributed by atoms with van der Waals surface area (Å²) in [7, 11) is 0. The summed E-state index contributed by atoms with van der Waals surface area (Å²) in [6, 6.07) is 21.4. The monoisotopic (exact) mass is 316 g/mol. The highest BCUT2D eigenvalue weighted by Crippen LogP contribution is 2.22. The Bertz CT molecular complexity index is 774. The van der Waals surface area contributed by atoms with E-state index in [2.05, 4.69) is 77.6 Å². The highest BCUT2D eigenvalue weighted by Gasteiger charge is 1.95. The zero-order valence-corrected chi connectivity index (χ0v) is 14.2. The van der Waals surface area contributed by atoms with Crippen LogP contribution in [0.2, 0.25) is 0 Å². The Morgan fingerprint density at radius 1 is 0.792 bits per heavy atom. The molecule has 0 bridgehead atoms. The molecule has 1 heterocycles. The van der Waals surface area contributed by atoms with E-state index in [0.29, 0.717) is 0 Å². The summed E-state index contributed by atoms with van der Waals surface area (Å²) in [4.78, 5) is 7.22. The van der Waals surface area contributed by atoms with Crippen LogP contribution in [0, 0.1) is 0 Å². The van der Waals surface area contributed by atoms with Crippen LogP contribution >= 0.6 is 0 Å². The molecule has 2 nitrogen and oxygen atoms in total. The fourth-order valence-electron chi connectivity index (χ4n) is 2.86. The van der Waals surface area contributed by atoms with Gasteiger partial charge in [-0.3, -0.25) is 0 Å². The molecule has 0 aliphatic carbocycles. The van der Waals surface area contributed by atoms with Gasteiger partial charge in [-0.1, -0.05) is 68.3 Å². The first-order chi connectivity index (χ1) is 11.9. The van der Waals surface area contributed by atoms with E-state index in [9.17, 15) is 0 Å². The number of aromatic nitrogens is 2. The average Bonchev–Trinajstić information content (AvgIpc) is 3.14. The van der Waals surface area contributed by atoms with Gasteiger partial charge in [-0.2, -0.15) is 0 Å². The lowest BCUT2D eigenvalue weighted by atomic mass is 10.0. The van der Waals surface area contributed by atoms with Crippen LogP contribution in [-0.2, 0) is 6.42 Å². The quantitative estimate of drug-likeness (QED) is 0.356. The fourth-order valence-corrected chi connectivity index (χ4v) is 2.86. The number of hydrogen-bond acceptors (Lipinski definition) is 1. The third kappa shape index (κ3) is 4.23. The summed E-state index contributed by atoms with van der Waals surface area (Å²) < 4.78 is 0. The van der Waals surface area contributed by atoms with Crippen LogP contribution in [0.5, 0.6) is 0 Å². The molecule has 4 aromatic rings. The van der Waals surface area contributed by atoms with E-state index < -0.39 is 0 Å². The third-order valence-electron chi connectivity index (χ3n) is 4.19. The molecular formula is C22H24N2. The van der Waals surface area contributed by atoms with Crippen LogP contribution in [0.1, 0.15) is 32.0 Å². The Morgan fingerprint density at radius 3 is 1.75 bits per heavy atom. The molecule has 1 aromatic heterocycles. The van der Waals surface area contributed by atoms with Crippen LogP contribution in [0.3, 0.4) is 0 Å². The molecular weight excluding hydrogens is 292 g/mol. The van der Waals surface area contributed by atoms with Crippen LogP contribution in [0.4, 0.5) is 0 Å². The second kappa shape index (κ2) is 8.30. The van der Waals surface area contributed by atoms with Crippen molar-refractivity contribution in [1.82, 2.24) is 9.97 Å². The predicted octanol–water partition coefficient (Wildman–Crippen LogP) is 6.14. The second-order valence-corrected chi connectivity index (χ2v) is 6.04. The summed E-state index contributed by atoms with van der Waals surface area (Å²) in [6.45, 7) is 2.21. The van der Waals surface area contributed by atoms with Crippen LogP contribution < -0.4 is 0 Å². The number of unbranched alkanes of at least 4 members (excludes halogenated alkanes) is 2. The molecule has 0 saturated heterocycles. The second-order valence-electron chi connectivity index (χ2n) is 6.04. The van der Waals surface area contributed by atoms with Gasteiger partial charge in [-0.25, -0.2) is 4.98 Å². The molecule has 3 aromatic carbocycles. The lowest BCUT2D eigenvalue weighted by Gasteiger charge is -2.00. The maximum atomic E-state index is 4.13. The largest absolute Gasteiger partial charge is 0.349 e. The third-order valence-corrected chi connectivity index (χ3v) is 4.19. The molecule has 2 heteroatoms. The molecule has 0 saturated carbocycles. The smallest absolute Gasteiger partial charge is 0.105 e. The fraction of sp³-hybridized carbons (Fsp3) is 0.227. The number of imidazole rings is 1. The predicted molar refractivity (Wildman–Crippen MR) is 103 cm³/mol. The molecule has 0 amide bonds. The normalized spacial score (nSPS) is 10.5. The lowest BCUT2D eigenvalue weighted by molar-refractivity contribution is 0.699. The average molecular weight is 316 g/mol. The molecule has 0 aliphatic heterocycles. The minimum Gasteiger partial charge on any atom is -0.349 e. The Morgan fingerprint density at radius 2 is 1.33 bits per heavy atom. The SMILES string of the molecule is CCCCCc1ncc[nH]1.c1ccc2cc3ccccc3cc2c1. The van der Waals surface area contributed by atoms with Crippen molar-refractivity contribution in [2.24, 2.45) is 0 Å². The van der Waals surface area contributed by atoms with E-state index in [1.54, 1.807) is 6.20 Å². The van der Waals surface area contributed by atoms with Crippen molar-refractivity contribution in [3.8, 4) is 0 Å². The number of H-pyrrole nitrogens is 1. The van der Waals surface area contributed by atoms with E-state index in [1.807, 2.05) is 6.20 Å². The zero-order valence-electron chi connectivity index (χ0n) is 14.2. The van der Waals surface area contributed by atoms with E-state index in [1.165, 1.54) is 40.8 Å². The zero-order chi connectivity index (χ0) is 16.6. The number of fused-ring (bicyclic) bond motifs is 2. The van der Waals surface area contributed by atoms with Crippen molar-refractivity contribution in [2.45, 2.75) is 32.6 Å². The molecule has 0 radical (unpaired) electrons. The van der Waals surface area contributed by atoms with Gasteiger partial charge in [0.25, 0.3) is 0 Å². The van der Waals surface area contributed by atoms with Crippen molar-refractivity contribution in [3.05, 3.63) is 78.9 Å². The molecule has 0 unspecified atom stereocenters. The Balaban J connectivity index is 0.000000150. The number of rotatable bonds is 4. The number of nitrogens with one attached hydrogen (secondary N) is 1. The minimum absolute atomic E-state index is 1.10. The standard InChI is InChI=1S/C14H10.C8H14N2/c1-2-6-12-10-14-8-4-3-7-13(14)9-11(12)5-1;1-2-3-4-5-8-9-6-7-10-8/h1-10H;6-7H,2-5H2,1H3,(H,9,10). The molecule has 4 rings (SSSR count). The lowest BCUT2D eigenvalue weighted by Crippen LogP contribution is -1.86. The summed E-state index contributed by atoms with van der Waals surface area (Å²) in [5.74, 6) is 1.12. The van der Waals surface area contributed by atoms with Gasteiger partial charge in [0.1, 0.15) is 5.82 Å². The topological polar surface area (TPSA) is 28.7 Å². The van der Waals surface area contributed by atoms with Crippen molar-refractivity contribution in [2.75, 3.05) is 0 Å². The number of aromatic amines is 1. The molecule has 0 atom stereocenters. The van der Waals surface area contributed by atoms with Crippen molar-refractivity contribution in [1.29, 1.82) is 0 Å². The van der Waals surface area contributed by atoms with E-state index in [-0.39, 0.29) is 0 Å². The van der Waals surface area contributed by atoms with Gasteiger partial charge in [-0.15, -0.1) is 0 Å². The summed E-state index contributed by atoms with van der Waals surface area (Å²) >= 11 is 0. The maximum absolute atomic E-state index is 4.13. The van der Waals surface area contributed by atoms with Gasteiger partial charge < -0.3 is 4.98 Å². The van der Waals surface area contributed by atoms with Gasteiger partial charge in [0.05, 0.1) is 0 Å². The number of aryl methyl sites for hydroxylation is 1. The number of nitrogens with zero attached hydrogens (tertiary/aromatic N) is 1. The summed E-state index contributed by atoms with van der Waals surface area (Å²) in [5, 5.41) is 5.25. The van der Waals surface area contributed by atoms with Crippen molar-refractivity contribution in [3.63, 3.8) is 0 Å². The van der Waals surface area contributed by atoms with Crippen LogP contribution in [0.15, 0.2) is 73.1 Å². The first-order valence-electron chi connectivity index (χ1n) is 8.72. The highest BCUT2D eigenvalue weighted by molar-refractivity contribution is 5.98. The molecule has 0 spiro atoms. The molecule has 1 N–H and O–H groups in total. The highest BCUT2D eigenvalue weighted by atomic mass is 14.9. The Hall–Kier alpha value is -2.61.